The number of benzene rings is 1. The minimum absolute atomic E-state index is 0.128. The van der Waals surface area contributed by atoms with Gasteiger partial charge in [-0.15, -0.1) is 0 Å². The predicted molar refractivity (Wildman–Crippen MR) is 113 cm³/mol. The summed E-state index contributed by atoms with van der Waals surface area (Å²) in [6.45, 7) is 5.21. The number of amides is 1. The molecular weight excluding hydrogens is 400 g/mol. The van der Waals surface area contributed by atoms with E-state index in [-0.39, 0.29) is 34.9 Å². The predicted octanol–water partition coefficient (Wildman–Crippen LogP) is 2.42. The number of nitrogens with one attached hydrogen (secondary N) is 1. The number of Topliss-reactive ketones (excluding diaryl/α,β-unsaturated/α-hetero) is 1. The first-order chi connectivity index (χ1) is 14.7. The number of rotatable bonds is 5. The molecule has 1 saturated heterocycles. The lowest BCUT2D eigenvalue weighted by Gasteiger charge is -2.29. The summed E-state index contributed by atoms with van der Waals surface area (Å²) in [6, 6.07) is 5.13. The molecule has 2 aliphatic rings. The summed E-state index contributed by atoms with van der Waals surface area (Å²) >= 11 is 0. The van der Waals surface area contributed by atoms with Crippen LogP contribution < -0.4 is 11.1 Å². The molecule has 0 saturated carbocycles. The van der Waals surface area contributed by atoms with Gasteiger partial charge in [0.15, 0.2) is 11.5 Å². The molecule has 0 spiro atoms. The lowest BCUT2D eigenvalue weighted by Crippen LogP contribution is -2.29. The topological polar surface area (TPSA) is 137 Å². The van der Waals surface area contributed by atoms with Gasteiger partial charge in [-0.3, -0.25) is 9.59 Å². The summed E-state index contributed by atoms with van der Waals surface area (Å²) in [7, 11) is 0. The molecule has 9 nitrogen and oxygen atoms in total. The van der Waals surface area contributed by atoms with Crippen molar-refractivity contribution in [3.63, 3.8) is 0 Å². The van der Waals surface area contributed by atoms with E-state index in [4.69, 9.17) is 10.5 Å². The van der Waals surface area contributed by atoms with E-state index in [0.29, 0.717) is 42.3 Å². The zero-order chi connectivity index (χ0) is 22.3. The Hall–Kier alpha value is -3.20. The van der Waals surface area contributed by atoms with Crippen molar-refractivity contribution in [3.8, 4) is 5.69 Å². The number of carboxylic acids is 1. The number of carbonyl (C=O) groups is 3. The zero-order valence-electron chi connectivity index (χ0n) is 17.6. The molecule has 1 aliphatic heterocycles. The fraction of sp³-hybridized carbons (Fsp3) is 0.455. The Kier molecular flexibility index (Phi) is 5.30. The van der Waals surface area contributed by atoms with Gasteiger partial charge in [-0.2, -0.15) is 5.10 Å². The van der Waals surface area contributed by atoms with Crippen molar-refractivity contribution in [2.75, 3.05) is 18.5 Å². The lowest BCUT2D eigenvalue weighted by atomic mass is 9.75. The summed E-state index contributed by atoms with van der Waals surface area (Å²) in [5.41, 5.74) is 7.22. The molecule has 2 heterocycles. The Balaban J connectivity index is 1.82. The molecular formula is C22H26N4O5. The number of carboxylic acid groups (broad SMARTS) is 1. The van der Waals surface area contributed by atoms with Crippen LogP contribution in [0.2, 0.25) is 0 Å². The Bertz CT molecular complexity index is 1070. The summed E-state index contributed by atoms with van der Waals surface area (Å²) < 4.78 is 6.90. The van der Waals surface area contributed by atoms with Crippen LogP contribution in [0.5, 0.6) is 0 Å². The number of ether oxygens (including phenoxy) is 1. The van der Waals surface area contributed by atoms with Crippen molar-refractivity contribution in [2.45, 2.75) is 45.6 Å². The van der Waals surface area contributed by atoms with Gasteiger partial charge in [0.25, 0.3) is 5.91 Å². The Morgan fingerprint density at radius 1 is 1.26 bits per heavy atom. The quantitative estimate of drug-likeness (QED) is 0.668. The SMILES string of the molecule is CC1(C)CC(=O)c2c(C(=O)O)nn(-c3ccc(C(N)=O)c(NC4CCOCC4)c3)c2C1. The van der Waals surface area contributed by atoms with Crippen LogP contribution >= 0.6 is 0 Å². The second-order valence-corrected chi connectivity index (χ2v) is 8.95. The summed E-state index contributed by atoms with van der Waals surface area (Å²) in [5.74, 6) is -2.02. The van der Waals surface area contributed by atoms with Crippen molar-refractivity contribution in [3.05, 3.63) is 40.7 Å². The molecule has 4 N–H and O–H groups in total. The van der Waals surface area contributed by atoms with E-state index in [2.05, 4.69) is 10.4 Å². The number of hydrogen-bond acceptors (Lipinski definition) is 6. The third-order valence-corrected chi connectivity index (χ3v) is 5.84. The number of aromatic carboxylic acids is 1. The third kappa shape index (κ3) is 4.05. The van der Waals surface area contributed by atoms with Gasteiger partial charge in [0.05, 0.1) is 22.5 Å². The number of ketones is 1. The van der Waals surface area contributed by atoms with Crippen LogP contribution in [0, 0.1) is 5.41 Å². The van der Waals surface area contributed by atoms with Crippen LogP contribution in [-0.4, -0.2) is 51.8 Å². The van der Waals surface area contributed by atoms with Gasteiger partial charge in [0.1, 0.15) is 0 Å². The fourth-order valence-corrected chi connectivity index (χ4v) is 4.37. The lowest BCUT2D eigenvalue weighted by molar-refractivity contribution is 0.0682. The van der Waals surface area contributed by atoms with Gasteiger partial charge in [-0.05, 0) is 42.9 Å². The van der Waals surface area contributed by atoms with Crippen molar-refractivity contribution in [2.24, 2.45) is 11.1 Å². The molecule has 0 bridgehead atoms. The Labute approximate surface area is 179 Å². The van der Waals surface area contributed by atoms with Crippen LogP contribution in [-0.2, 0) is 11.2 Å². The molecule has 1 amide bonds. The van der Waals surface area contributed by atoms with E-state index in [1.165, 1.54) is 4.68 Å². The Morgan fingerprint density at radius 2 is 1.97 bits per heavy atom. The molecule has 164 valence electrons. The normalized spacial score (nSPS) is 18.5. The van der Waals surface area contributed by atoms with E-state index in [1.54, 1.807) is 18.2 Å². The van der Waals surface area contributed by atoms with E-state index >= 15 is 0 Å². The van der Waals surface area contributed by atoms with E-state index < -0.39 is 11.9 Å². The maximum absolute atomic E-state index is 12.7. The smallest absolute Gasteiger partial charge is 0.357 e. The largest absolute Gasteiger partial charge is 0.476 e. The number of carbonyl (C=O) groups excluding carboxylic acids is 2. The number of primary amides is 1. The molecule has 1 aromatic heterocycles. The second-order valence-electron chi connectivity index (χ2n) is 8.95. The number of hydrogen-bond donors (Lipinski definition) is 3. The van der Waals surface area contributed by atoms with Crippen LogP contribution in [0.3, 0.4) is 0 Å². The number of nitrogens with zero attached hydrogens (tertiary/aromatic N) is 2. The average molecular weight is 426 g/mol. The van der Waals surface area contributed by atoms with Crippen molar-refractivity contribution in [1.82, 2.24) is 9.78 Å². The molecule has 1 aromatic carbocycles. The van der Waals surface area contributed by atoms with Gasteiger partial charge in [0, 0.05) is 31.4 Å². The van der Waals surface area contributed by atoms with Crippen LogP contribution in [0.15, 0.2) is 18.2 Å². The van der Waals surface area contributed by atoms with E-state index in [1.807, 2.05) is 13.8 Å². The molecule has 0 atom stereocenters. The number of anilines is 1. The minimum atomic E-state index is -1.24. The summed E-state index contributed by atoms with van der Waals surface area (Å²) in [5, 5.41) is 17.3. The Morgan fingerprint density at radius 3 is 2.61 bits per heavy atom. The first-order valence-corrected chi connectivity index (χ1v) is 10.3. The molecule has 2 aromatic rings. The number of aromatic nitrogens is 2. The number of fused-ring (bicyclic) bond motifs is 1. The highest BCUT2D eigenvalue weighted by Gasteiger charge is 2.38. The highest BCUT2D eigenvalue weighted by molar-refractivity contribution is 6.07. The van der Waals surface area contributed by atoms with Gasteiger partial charge in [-0.1, -0.05) is 13.8 Å². The monoisotopic (exact) mass is 426 g/mol. The molecule has 0 unspecified atom stereocenters. The average Bonchev–Trinajstić information content (AvgIpc) is 3.07. The number of nitrogens with two attached hydrogens (primary N) is 1. The second kappa shape index (κ2) is 7.81. The molecule has 4 rings (SSSR count). The van der Waals surface area contributed by atoms with Crippen LogP contribution in [0.4, 0.5) is 5.69 Å². The van der Waals surface area contributed by atoms with E-state index in [0.717, 1.165) is 12.8 Å². The van der Waals surface area contributed by atoms with Crippen molar-refractivity contribution < 1.29 is 24.2 Å². The summed E-state index contributed by atoms with van der Waals surface area (Å²) in [6.07, 6.45) is 2.37. The standard InChI is InChI=1S/C22H26N4O5/c1-22(2)10-16-18(17(27)11-22)19(21(29)30)25-26(16)13-3-4-14(20(23)28)15(9-13)24-12-5-7-31-8-6-12/h3-4,9,12,24H,5-8,10-11H2,1-2H3,(H2,23,28)(H,29,30). The summed E-state index contributed by atoms with van der Waals surface area (Å²) in [4.78, 5) is 36.5. The van der Waals surface area contributed by atoms with Crippen molar-refractivity contribution >= 4 is 23.3 Å². The van der Waals surface area contributed by atoms with E-state index in [9.17, 15) is 19.5 Å². The molecule has 9 heteroatoms. The zero-order valence-corrected chi connectivity index (χ0v) is 17.6. The molecule has 1 fully saturated rings. The molecule has 1 aliphatic carbocycles. The fourth-order valence-electron chi connectivity index (χ4n) is 4.37. The first kappa shape index (κ1) is 21.0. The molecule has 31 heavy (non-hydrogen) atoms. The van der Waals surface area contributed by atoms with Crippen LogP contribution in [0.1, 0.15) is 70.0 Å². The third-order valence-electron chi connectivity index (χ3n) is 5.84. The van der Waals surface area contributed by atoms with Gasteiger partial charge >= 0.3 is 5.97 Å². The maximum Gasteiger partial charge on any atom is 0.357 e. The van der Waals surface area contributed by atoms with Gasteiger partial charge in [0.2, 0.25) is 0 Å². The minimum Gasteiger partial charge on any atom is -0.476 e. The first-order valence-electron chi connectivity index (χ1n) is 10.3. The van der Waals surface area contributed by atoms with Crippen LogP contribution in [0.25, 0.3) is 5.69 Å². The molecule has 0 radical (unpaired) electrons. The maximum atomic E-state index is 12.7. The van der Waals surface area contributed by atoms with Crippen molar-refractivity contribution in [1.29, 1.82) is 0 Å². The van der Waals surface area contributed by atoms with Gasteiger partial charge in [-0.25, -0.2) is 9.48 Å². The highest BCUT2D eigenvalue weighted by Crippen LogP contribution is 2.37. The highest BCUT2D eigenvalue weighted by atomic mass is 16.5. The van der Waals surface area contributed by atoms with Gasteiger partial charge < -0.3 is 20.9 Å².